The number of nitrogens with zero attached hydrogens (tertiary/aromatic N) is 4. The average Bonchev–Trinajstić information content (AvgIpc) is 3.39. The summed E-state index contributed by atoms with van der Waals surface area (Å²) in [7, 11) is 0. The summed E-state index contributed by atoms with van der Waals surface area (Å²) in [5.74, 6) is 2.11. The minimum Gasteiger partial charge on any atom is -0.446 e. The molecule has 0 saturated heterocycles. The van der Waals surface area contributed by atoms with Crippen molar-refractivity contribution in [3.05, 3.63) is 57.2 Å². The van der Waals surface area contributed by atoms with Crippen molar-refractivity contribution >= 4 is 50.6 Å². The Labute approximate surface area is 184 Å². The van der Waals surface area contributed by atoms with E-state index in [1.807, 2.05) is 36.4 Å². The molecule has 0 N–H and O–H groups in total. The maximum Gasteiger partial charge on any atom is 0.200 e. The second-order valence-electron chi connectivity index (χ2n) is 6.29. The summed E-state index contributed by atoms with van der Waals surface area (Å²) in [5.41, 5.74) is 1.95. The van der Waals surface area contributed by atoms with Crippen molar-refractivity contribution in [1.29, 1.82) is 0 Å². The molecule has 28 heavy (non-hydrogen) atoms. The number of hydrogen-bond acceptors (Lipinski definition) is 6. The Balaban J connectivity index is 1.54. The third kappa shape index (κ3) is 4.05. The molecule has 0 bridgehead atoms. The molecule has 4 aromatic rings. The van der Waals surface area contributed by atoms with Crippen LogP contribution >= 0.6 is 50.6 Å². The van der Waals surface area contributed by atoms with Crippen LogP contribution < -0.4 is 0 Å². The van der Waals surface area contributed by atoms with Gasteiger partial charge >= 0.3 is 0 Å². The van der Waals surface area contributed by atoms with Gasteiger partial charge in [-0.3, -0.25) is 4.57 Å². The number of aromatic nitrogens is 4. The van der Waals surface area contributed by atoms with E-state index >= 15 is 0 Å². The van der Waals surface area contributed by atoms with Crippen LogP contribution in [0.25, 0.3) is 22.2 Å². The first kappa shape index (κ1) is 19.7. The zero-order chi connectivity index (χ0) is 19.7. The van der Waals surface area contributed by atoms with Crippen LogP contribution in [0, 0.1) is 0 Å². The molecular weight excluding hydrogens is 480 g/mol. The van der Waals surface area contributed by atoms with Gasteiger partial charge in [-0.2, -0.15) is 0 Å². The fraction of sp³-hybridized carbons (Fsp3) is 0.211. The van der Waals surface area contributed by atoms with Gasteiger partial charge in [-0.25, -0.2) is 4.98 Å². The van der Waals surface area contributed by atoms with E-state index in [1.165, 1.54) is 0 Å². The van der Waals surface area contributed by atoms with Gasteiger partial charge in [0.2, 0.25) is 5.82 Å². The van der Waals surface area contributed by atoms with Gasteiger partial charge < -0.3 is 4.42 Å². The smallest absolute Gasteiger partial charge is 0.200 e. The molecule has 0 amide bonds. The minimum absolute atomic E-state index is 0.200. The third-order valence-electron chi connectivity index (χ3n) is 3.98. The molecular formula is C19H16BrClN4OS2. The second-order valence-corrected chi connectivity index (χ2v) is 9.28. The summed E-state index contributed by atoms with van der Waals surface area (Å²) < 4.78 is 8.41. The van der Waals surface area contributed by atoms with E-state index in [-0.39, 0.29) is 6.04 Å². The predicted octanol–water partition coefficient (Wildman–Crippen LogP) is 6.95. The molecule has 0 fully saturated rings. The number of benzene rings is 1. The van der Waals surface area contributed by atoms with Gasteiger partial charge in [0.25, 0.3) is 0 Å². The fourth-order valence-corrected chi connectivity index (χ4v) is 5.23. The van der Waals surface area contributed by atoms with Crippen LogP contribution in [-0.4, -0.2) is 19.7 Å². The van der Waals surface area contributed by atoms with Crippen LogP contribution in [0.2, 0.25) is 5.02 Å². The lowest BCUT2D eigenvalue weighted by atomic mass is 10.2. The lowest BCUT2D eigenvalue weighted by molar-refractivity contribution is 0.519. The number of halogens is 2. The molecule has 5 nitrogen and oxygen atoms in total. The molecule has 3 heterocycles. The molecule has 9 heteroatoms. The van der Waals surface area contributed by atoms with Gasteiger partial charge in [-0.1, -0.05) is 41.6 Å². The van der Waals surface area contributed by atoms with Crippen molar-refractivity contribution < 1.29 is 4.42 Å². The van der Waals surface area contributed by atoms with Gasteiger partial charge in [0.1, 0.15) is 5.01 Å². The van der Waals surface area contributed by atoms with Crippen LogP contribution in [0.15, 0.2) is 56.0 Å². The van der Waals surface area contributed by atoms with Crippen molar-refractivity contribution in [3.8, 4) is 22.2 Å². The number of thioether (sulfide) groups is 1. The molecule has 0 aliphatic heterocycles. The van der Waals surface area contributed by atoms with Crippen molar-refractivity contribution in [2.24, 2.45) is 0 Å². The minimum atomic E-state index is 0.200. The standard InChI is InChI=1S/C19H16BrClN4OS2/c1-11(2)25-17(15-7-8-16(20)26-15)23-24-19(25)28-10-12-9-27-18(22-12)13-5-3-4-6-14(13)21/h3-9,11H,10H2,1-2H3. The first-order valence-corrected chi connectivity index (χ1v) is 11.6. The first-order chi connectivity index (χ1) is 13.5. The van der Waals surface area contributed by atoms with E-state index < -0.39 is 0 Å². The topological polar surface area (TPSA) is 56.7 Å². The van der Waals surface area contributed by atoms with Crippen LogP contribution in [0.4, 0.5) is 0 Å². The Morgan fingerprint density at radius 3 is 2.75 bits per heavy atom. The van der Waals surface area contributed by atoms with Crippen molar-refractivity contribution in [2.45, 2.75) is 30.8 Å². The van der Waals surface area contributed by atoms with E-state index in [4.69, 9.17) is 21.0 Å². The molecule has 0 spiro atoms. The number of hydrogen-bond donors (Lipinski definition) is 0. The number of rotatable bonds is 6. The van der Waals surface area contributed by atoms with Crippen LogP contribution in [0.3, 0.4) is 0 Å². The Kier molecular flexibility index (Phi) is 5.91. The molecule has 1 aromatic carbocycles. The Morgan fingerprint density at radius 1 is 1.21 bits per heavy atom. The van der Waals surface area contributed by atoms with Crippen molar-refractivity contribution in [3.63, 3.8) is 0 Å². The van der Waals surface area contributed by atoms with Gasteiger partial charge in [0.05, 0.1) is 10.7 Å². The van der Waals surface area contributed by atoms with E-state index in [0.717, 1.165) is 27.2 Å². The van der Waals surface area contributed by atoms with Gasteiger partial charge in [-0.15, -0.1) is 21.5 Å². The molecule has 0 atom stereocenters. The van der Waals surface area contributed by atoms with Crippen LogP contribution in [0.5, 0.6) is 0 Å². The molecule has 0 radical (unpaired) electrons. The quantitative estimate of drug-likeness (QED) is 0.271. The maximum absolute atomic E-state index is 6.29. The van der Waals surface area contributed by atoms with E-state index in [2.05, 4.69) is 49.9 Å². The van der Waals surface area contributed by atoms with Gasteiger partial charge in [-0.05, 0) is 48.0 Å². The molecule has 0 unspecified atom stereocenters. The molecule has 0 saturated carbocycles. The average molecular weight is 496 g/mol. The summed E-state index contributed by atoms with van der Waals surface area (Å²) in [5, 5.41) is 13.2. The highest BCUT2D eigenvalue weighted by atomic mass is 79.9. The summed E-state index contributed by atoms with van der Waals surface area (Å²) in [4.78, 5) is 4.73. The third-order valence-corrected chi connectivity index (χ3v) is 6.64. The number of thiazole rings is 1. The molecule has 0 aliphatic rings. The highest BCUT2D eigenvalue weighted by Gasteiger charge is 2.19. The van der Waals surface area contributed by atoms with Gasteiger partial charge in [0.15, 0.2) is 15.6 Å². The molecule has 4 rings (SSSR count). The summed E-state index contributed by atoms with van der Waals surface area (Å²) in [6.07, 6.45) is 0. The lowest BCUT2D eigenvalue weighted by Gasteiger charge is -2.12. The summed E-state index contributed by atoms with van der Waals surface area (Å²) >= 11 is 12.8. The zero-order valence-corrected chi connectivity index (χ0v) is 19.1. The number of furan rings is 1. The highest BCUT2D eigenvalue weighted by Crippen LogP contribution is 2.34. The monoisotopic (exact) mass is 494 g/mol. The van der Waals surface area contributed by atoms with Crippen molar-refractivity contribution in [2.75, 3.05) is 0 Å². The van der Waals surface area contributed by atoms with Crippen molar-refractivity contribution in [1.82, 2.24) is 19.7 Å². The largest absolute Gasteiger partial charge is 0.446 e. The van der Waals surface area contributed by atoms with Gasteiger partial charge in [0, 0.05) is 22.7 Å². The lowest BCUT2D eigenvalue weighted by Crippen LogP contribution is -2.04. The zero-order valence-electron chi connectivity index (χ0n) is 15.1. The first-order valence-electron chi connectivity index (χ1n) is 8.55. The van der Waals surface area contributed by atoms with E-state index in [0.29, 0.717) is 21.2 Å². The normalized spacial score (nSPS) is 11.5. The predicted molar refractivity (Wildman–Crippen MR) is 118 cm³/mol. The SMILES string of the molecule is CC(C)n1c(SCc2csc(-c3ccccc3Cl)n2)nnc1-c1ccc(Br)o1. The Bertz CT molecular complexity index is 1110. The second kappa shape index (κ2) is 8.41. The fourth-order valence-electron chi connectivity index (χ4n) is 2.71. The molecule has 3 aromatic heterocycles. The Hall–Kier alpha value is -1.61. The van der Waals surface area contributed by atoms with E-state index in [1.54, 1.807) is 23.1 Å². The Morgan fingerprint density at radius 2 is 2.04 bits per heavy atom. The van der Waals surface area contributed by atoms with E-state index in [9.17, 15) is 0 Å². The summed E-state index contributed by atoms with van der Waals surface area (Å²) in [6.45, 7) is 4.21. The maximum atomic E-state index is 6.29. The van der Waals surface area contributed by atoms with Crippen LogP contribution in [-0.2, 0) is 5.75 Å². The van der Waals surface area contributed by atoms with Crippen LogP contribution in [0.1, 0.15) is 25.6 Å². The highest BCUT2D eigenvalue weighted by molar-refractivity contribution is 9.10. The summed E-state index contributed by atoms with van der Waals surface area (Å²) in [6, 6.07) is 11.7. The molecule has 0 aliphatic carbocycles. The molecule has 144 valence electrons.